The van der Waals surface area contributed by atoms with Gasteiger partial charge in [-0.15, -0.1) is 0 Å². The molecule has 0 aliphatic carbocycles. The number of nitrogens with zero attached hydrogens (tertiary/aromatic N) is 1. The van der Waals surface area contributed by atoms with Crippen LogP contribution < -0.4 is 10.6 Å². The van der Waals surface area contributed by atoms with E-state index in [0.29, 0.717) is 5.92 Å². The number of piperidine rings is 1. The molecule has 1 aromatic rings. The normalized spacial score (nSPS) is 21.2. The largest absolute Gasteiger partial charge is 0.384 e. The predicted molar refractivity (Wildman–Crippen MR) is 83.9 cm³/mol. The highest BCUT2D eigenvalue weighted by atomic mass is 16.5. The summed E-state index contributed by atoms with van der Waals surface area (Å²) in [7, 11) is 1.73. The summed E-state index contributed by atoms with van der Waals surface area (Å²) >= 11 is 0. The highest BCUT2D eigenvalue weighted by Gasteiger charge is 2.25. The lowest BCUT2D eigenvalue weighted by atomic mass is 9.98. The number of hydrogen-bond donors (Lipinski definition) is 2. The van der Waals surface area contributed by atoms with E-state index in [1.807, 2.05) is 23.1 Å². The van der Waals surface area contributed by atoms with Crippen molar-refractivity contribution in [2.45, 2.75) is 12.8 Å². The minimum atomic E-state index is 0.131. The molecule has 21 heavy (non-hydrogen) atoms. The summed E-state index contributed by atoms with van der Waals surface area (Å²) in [5.74, 6) is 0.594. The number of anilines is 2. The fourth-order valence-corrected chi connectivity index (χ4v) is 3.18. The molecule has 2 heterocycles. The van der Waals surface area contributed by atoms with E-state index in [4.69, 9.17) is 4.74 Å². The third-order valence-corrected chi connectivity index (χ3v) is 4.23. The van der Waals surface area contributed by atoms with Crippen molar-refractivity contribution in [3.63, 3.8) is 0 Å². The molecule has 0 spiro atoms. The van der Waals surface area contributed by atoms with Gasteiger partial charge in [-0.2, -0.15) is 0 Å². The van der Waals surface area contributed by atoms with Gasteiger partial charge >= 0.3 is 0 Å². The minimum absolute atomic E-state index is 0.131. The van der Waals surface area contributed by atoms with Gasteiger partial charge in [0.05, 0.1) is 18.0 Å². The van der Waals surface area contributed by atoms with E-state index >= 15 is 0 Å². The van der Waals surface area contributed by atoms with Crippen molar-refractivity contribution in [3.8, 4) is 0 Å². The van der Waals surface area contributed by atoms with E-state index in [1.54, 1.807) is 7.11 Å². The molecule has 3 rings (SSSR count). The van der Waals surface area contributed by atoms with Gasteiger partial charge in [-0.05, 0) is 37.0 Å². The molecule has 1 aromatic carbocycles. The number of rotatable bonds is 3. The highest BCUT2D eigenvalue weighted by Crippen LogP contribution is 2.27. The number of nitrogens with one attached hydrogen (secondary N) is 2. The van der Waals surface area contributed by atoms with Gasteiger partial charge in [0.1, 0.15) is 0 Å². The van der Waals surface area contributed by atoms with Crippen LogP contribution >= 0.6 is 0 Å². The molecule has 1 atom stereocenters. The van der Waals surface area contributed by atoms with Crippen LogP contribution in [0.4, 0.5) is 11.4 Å². The fourth-order valence-electron chi connectivity index (χ4n) is 3.18. The number of ether oxygens (including phenoxy) is 1. The lowest BCUT2D eigenvalue weighted by Crippen LogP contribution is -2.41. The number of likely N-dealkylation sites (tertiary alicyclic amines) is 1. The molecule has 0 radical (unpaired) electrons. The Hall–Kier alpha value is -1.75. The van der Waals surface area contributed by atoms with Gasteiger partial charge in [-0.1, -0.05) is 0 Å². The Balaban J connectivity index is 1.72. The molecule has 2 N–H and O–H groups in total. The summed E-state index contributed by atoms with van der Waals surface area (Å²) in [4.78, 5) is 14.6. The standard InChI is InChI=1S/C16H23N3O2/c1-21-11-12-3-2-8-19(10-12)16(20)13-4-5-14-15(9-13)18-7-6-17-14/h4-5,9,12,17-18H,2-3,6-8,10-11H2,1H3. The summed E-state index contributed by atoms with van der Waals surface area (Å²) in [6, 6.07) is 5.87. The molecule has 0 saturated carbocycles. The number of carbonyl (C=O) groups is 1. The van der Waals surface area contributed by atoms with Crippen LogP contribution in [0.3, 0.4) is 0 Å². The van der Waals surface area contributed by atoms with Crippen molar-refractivity contribution in [1.82, 2.24) is 4.90 Å². The van der Waals surface area contributed by atoms with Crippen molar-refractivity contribution >= 4 is 17.3 Å². The quantitative estimate of drug-likeness (QED) is 0.894. The lowest BCUT2D eigenvalue weighted by Gasteiger charge is -2.32. The molecular formula is C16H23N3O2. The maximum Gasteiger partial charge on any atom is 0.253 e. The monoisotopic (exact) mass is 289 g/mol. The average Bonchev–Trinajstić information content (AvgIpc) is 2.54. The summed E-state index contributed by atoms with van der Waals surface area (Å²) in [5, 5.41) is 6.66. The van der Waals surface area contributed by atoms with Crippen molar-refractivity contribution in [3.05, 3.63) is 23.8 Å². The third-order valence-electron chi connectivity index (χ3n) is 4.23. The molecule has 114 valence electrons. The van der Waals surface area contributed by atoms with Gasteiger partial charge in [-0.25, -0.2) is 0 Å². The molecule has 1 saturated heterocycles. The molecular weight excluding hydrogens is 266 g/mol. The third kappa shape index (κ3) is 3.13. The maximum absolute atomic E-state index is 12.7. The van der Waals surface area contributed by atoms with E-state index in [9.17, 15) is 4.79 Å². The predicted octanol–water partition coefficient (Wildman–Crippen LogP) is 2.02. The van der Waals surface area contributed by atoms with Crippen LogP contribution in [0.2, 0.25) is 0 Å². The Kier molecular flexibility index (Phi) is 4.29. The van der Waals surface area contributed by atoms with Gasteiger partial charge in [0.2, 0.25) is 0 Å². The molecule has 1 unspecified atom stereocenters. The van der Waals surface area contributed by atoms with E-state index in [0.717, 1.165) is 62.6 Å². The van der Waals surface area contributed by atoms with Crippen LogP contribution in [0.1, 0.15) is 23.2 Å². The summed E-state index contributed by atoms with van der Waals surface area (Å²) in [5.41, 5.74) is 2.87. The van der Waals surface area contributed by atoms with Crippen molar-refractivity contribution in [2.24, 2.45) is 5.92 Å². The van der Waals surface area contributed by atoms with Gasteiger partial charge < -0.3 is 20.3 Å². The average molecular weight is 289 g/mol. The Morgan fingerprint density at radius 1 is 1.33 bits per heavy atom. The molecule has 1 fully saturated rings. The SMILES string of the molecule is COCC1CCCN(C(=O)c2ccc3c(c2)NCCN3)C1. The lowest BCUT2D eigenvalue weighted by molar-refractivity contribution is 0.0571. The molecule has 2 aliphatic rings. The zero-order chi connectivity index (χ0) is 14.7. The topological polar surface area (TPSA) is 53.6 Å². The van der Waals surface area contributed by atoms with Crippen molar-refractivity contribution in [1.29, 1.82) is 0 Å². The summed E-state index contributed by atoms with van der Waals surface area (Å²) < 4.78 is 5.23. The number of methoxy groups -OCH3 is 1. The van der Waals surface area contributed by atoms with Gasteiger partial charge in [0.15, 0.2) is 0 Å². The second-order valence-electron chi connectivity index (χ2n) is 5.83. The smallest absolute Gasteiger partial charge is 0.253 e. The first-order valence-corrected chi connectivity index (χ1v) is 7.68. The molecule has 5 heteroatoms. The first-order chi connectivity index (χ1) is 10.3. The summed E-state index contributed by atoms with van der Waals surface area (Å²) in [6.45, 7) is 4.20. The Morgan fingerprint density at radius 3 is 2.95 bits per heavy atom. The number of hydrogen-bond acceptors (Lipinski definition) is 4. The van der Waals surface area contributed by atoms with Crippen LogP contribution in [0.25, 0.3) is 0 Å². The Bertz CT molecular complexity index is 516. The molecule has 0 aromatic heterocycles. The fraction of sp³-hybridized carbons (Fsp3) is 0.562. The maximum atomic E-state index is 12.7. The minimum Gasteiger partial charge on any atom is -0.384 e. The number of amides is 1. The summed E-state index contributed by atoms with van der Waals surface area (Å²) in [6.07, 6.45) is 2.21. The number of carbonyl (C=O) groups excluding carboxylic acids is 1. The highest BCUT2D eigenvalue weighted by molar-refractivity contribution is 5.96. The second kappa shape index (κ2) is 6.35. The van der Waals surface area contributed by atoms with Crippen LogP contribution in [-0.2, 0) is 4.74 Å². The van der Waals surface area contributed by atoms with Crippen LogP contribution in [0.15, 0.2) is 18.2 Å². The molecule has 0 bridgehead atoms. The molecule has 2 aliphatic heterocycles. The zero-order valence-corrected chi connectivity index (χ0v) is 12.5. The second-order valence-corrected chi connectivity index (χ2v) is 5.83. The molecule has 5 nitrogen and oxygen atoms in total. The number of benzene rings is 1. The first-order valence-electron chi connectivity index (χ1n) is 7.68. The van der Waals surface area contributed by atoms with E-state index in [1.165, 1.54) is 0 Å². The Morgan fingerprint density at radius 2 is 2.14 bits per heavy atom. The van der Waals surface area contributed by atoms with E-state index < -0.39 is 0 Å². The van der Waals surface area contributed by atoms with Crippen LogP contribution in [0, 0.1) is 5.92 Å². The first kappa shape index (κ1) is 14.2. The van der Waals surface area contributed by atoms with E-state index in [-0.39, 0.29) is 5.91 Å². The van der Waals surface area contributed by atoms with Crippen LogP contribution in [0.5, 0.6) is 0 Å². The van der Waals surface area contributed by atoms with Crippen LogP contribution in [-0.4, -0.2) is 50.7 Å². The number of fused-ring (bicyclic) bond motifs is 1. The molecule has 1 amide bonds. The van der Waals surface area contributed by atoms with Gasteiger partial charge in [0.25, 0.3) is 5.91 Å². The van der Waals surface area contributed by atoms with E-state index in [2.05, 4.69) is 10.6 Å². The van der Waals surface area contributed by atoms with Gasteiger partial charge in [0, 0.05) is 38.9 Å². The van der Waals surface area contributed by atoms with Gasteiger partial charge in [-0.3, -0.25) is 4.79 Å². The van der Waals surface area contributed by atoms with Crippen molar-refractivity contribution < 1.29 is 9.53 Å². The zero-order valence-electron chi connectivity index (χ0n) is 12.5. The Labute approximate surface area is 125 Å². The van der Waals surface area contributed by atoms with Crippen molar-refractivity contribution in [2.75, 3.05) is 50.5 Å².